The Kier molecular flexibility index (Phi) is 9.84. The second kappa shape index (κ2) is 13.5. The van der Waals surface area contributed by atoms with Crippen LogP contribution in [-0.4, -0.2) is 69.0 Å². The predicted octanol–water partition coefficient (Wildman–Crippen LogP) is 5.69. The highest BCUT2D eigenvalue weighted by Gasteiger charge is 2.14. The van der Waals surface area contributed by atoms with Crippen LogP contribution >= 0.6 is 0 Å². The number of hydrogen-bond donors (Lipinski definition) is 2. The Morgan fingerprint density at radius 2 is 1.82 bits per heavy atom. The highest BCUT2D eigenvalue weighted by atomic mass is 16.5. The smallest absolute Gasteiger partial charge is 0.319 e. The molecular weight excluding hydrogens is 496 g/mol. The number of amides is 2. The van der Waals surface area contributed by atoms with Crippen LogP contribution in [0.25, 0.3) is 10.9 Å². The van der Waals surface area contributed by atoms with E-state index in [1.54, 1.807) is 13.3 Å². The topological polar surface area (TPSA) is 94.2 Å². The summed E-state index contributed by atoms with van der Waals surface area (Å²) in [5.74, 6) is 2.59. The number of nitrogens with one attached hydrogen (secondary N) is 2. The van der Waals surface area contributed by atoms with E-state index < -0.39 is 0 Å². The van der Waals surface area contributed by atoms with Crippen LogP contribution in [0.15, 0.2) is 48.7 Å². The lowest BCUT2D eigenvalue weighted by molar-refractivity contribution is 0.0357. The van der Waals surface area contributed by atoms with Crippen molar-refractivity contribution >= 4 is 22.6 Å². The molecule has 1 aromatic heterocycles. The van der Waals surface area contributed by atoms with E-state index in [2.05, 4.69) is 41.3 Å². The highest BCUT2D eigenvalue weighted by Crippen LogP contribution is 2.37. The maximum atomic E-state index is 12.2. The van der Waals surface area contributed by atoms with Crippen molar-refractivity contribution in [1.29, 1.82) is 0 Å². The molecule has 39 heavy (non-hydrogen) atoms. The first-order valence-electron chi connectivity index (χ1n) is 13.5. The van der Waals surface area contributed by atoms with Crippen molar-refractivity contribution in [3.63, 3.8) is 0 Å². The summed E-state index contributed by atoms with van der Waals surface area (Å²) in [4.78, 5) is 19.1. The number of rotatable bonds is 11. The van der Waals surface area contributed by atoms with E-state index in [0.29, 0.717) is 41.8 Å². The molecule has 1 aliphatic rings. The second-order valence-electron chi connectivity index (χ2n) is 10.8. The lowest BCUT2D eigenvalue weighted by Gasteiger charge is -2.26. The molecule has 0 spiro atoms. The third-order valence-electron chi connectivity index (χ3n) is 6.47. The number of morpholine rings is 1. The van der Waals surface area contributed by atoms with Crippen molar-refractivity contribution in [2.24, 2.45) is 5.41 Å². The summed E-state index contributed by atoms with van der Waals surface area (Å²) >= 11 is 0. The molecule has 2 heterocycles. The van der Waals surface area contributed by atoms with Gasteiger partial charge in [0.15, 0.2) is 11.5 Å². The van der Waals surface area contributed by atoms with Gasteiger partial charge in [-0.3, -0.25) is 9.88 Å². The van der Waals surface area contributed by atoms with Crippen LogP contribution < -0.4 is 24.8 Å². The largest absolute Gasteiger partial charge is 0.493 e. The molecule has 2 aromatic carbocycles. The van der Waals surface area contributed by atoms with Crippen LogP contribution in [0.4, 0.5) is 10.5 Å². The number of ether oxygens (including phenoxy) is 4. The van der Waals surface area contributed by atoms with Crippen LogP contribution in [0.3, 0.4) is 0 Å². The molecule has 9 heteroatoms. The summed E-state index contributed by atoms with van der Waals surface area (Å²) in [6, 6.07) is 12.7. The fourth-order valence-electron chi connectivity index (χ4n) is 4.24. The number of carbonyl (C=O) groups is 1. The van der Waals surface area contributed by atoms with E-state index >= 15 is 0 Å². The van der Waals surface area contributed by atoms with Crippen molar-refractivity contribution in [2.45, 2.75) is 33.6 Å². The second-order valence-corrected chi connectivity index (χ2v) is 10.8. The minimum absolute atomic E-state index is 0.171. The number of benzene rings is 2. The number of methoxy groups -OCH3 is 1. The van der Waals surface area contributed by atoms with Gasteiger partial charge >= 0.3 is 6.03 Å². The minimum atomic E-state index is -0.223. The highest BCUT2D eigenvalue weighted by molar-refractivity contribution is 5.89. The van der Waals surface area contributed by atoms with Gasteiger partial charge < -0.3 is 29.6 Å². The number of pyridine rings is 1. The number of aromatic nitrogens is 1. The molecule has 2 N–H and O–H groups in total. The maximum Gasteiger partial charge on any atom is 0.319 e. The fourth-order valence-corrected chi connectivity index (χ4v) is 4.24. The Hall–Kier alpha value is -3.56. The molecule has 0 radical (unpaired) electrons. The van der Waals surface area contributed by atoms with Crippen molar-refractivity contribution in [1.82, 2.24) is 15.2 Å². The molecule has 0 atom stereocenters. The van der Waals surface area contributed by atoms with Gasteiger partial charge in [0.2, 0.25) is 0 Å². The average molecular weight is 537 g/mol. The molecule has 0 aliphatic carbocycles. The van der Waals surface area contributed by atoms with E-state index in [1.165, 1.54) is 0 Å². The molecule has 0 unspecified atom stereocenters. The van der Waals surface area contributed by atoms with Gasteiger partial charge in [0.05, 0.1) is 32.4 Å². The molecule has 0 saturated carbocycles. The third-order valence-corrected chi connectivity index (χ3v) is 6.47. The Labute approximate surface area is 230 Å². The molecule has 9 nitrogen and oxygen atoms in total. The van der Waals surface area contributed by atoms with E-state index in [9.17, 15) is 4.79 Å². The summed E-state index contributed by atoms with van der Waals surface area (Å²) in [5.41, 5.74) is 1.60. The van der Waals surface area contributed by atoms with Crippen LogP contribution in [0, 0.1) is 5.41 Å². The fraction of sp³-hybridized carbons (Fsp3) is 0.467. The molecule has 3 aromatic rings. The summed E-state index contributed by atoms with van der Waals surface area (Å²) in [5, 5.41) is 6.57. The zero-order valence-corrected chi connectivity index (χ0v) is 23.4. The van der Waals surface area contributed by atoms with Gasteiger partial charge in [0.1, 0.15) is 11.5 Å². The van der Waals surface area contributed by atoms with Gasteiger partial charge in [0, 0.05) is 49.5 Å². The van der Waals surface area contributed by atoms with Crippen LogP contribution in [0.5, 0.6) is 23.0 Å². The van der Waals surface area contributed by atoms with Crippen molar-refractivity contribution in [3.05, 3.63) is 48.7 Å². The van der Waals surface area contributed by atoms with Crippen LogP contribution in [0.2, 0.25) is 0 Å². The normalized spacial score (nSPS) is 14.2. The molecule has 2 amide bonds. The SMILES string of the molecule is COc1cc2nccc(Oc3ccc(NC(=O)NCCC(C)(C)C)cc3)c2cc1OCCCN1CCOCC1. The van der Waals surface area contributed by atoms with Gasteiger partial charge in [-0.15, -0.1) is 0 Å². The Balaban J connectivity index is 1.38. The number of carbonyl (C=O) groups excluding carboxylic acids is 1. The monoisotopic (exact) mass is 536 g/mol. The van der Waals surface area contributed by atoms with Crippen LogP contribution in [-0.2, 0) is 4.74 Å². The van der Waals surface area contributed by atoms with E-state index in [1.807, 2.05) is 42.5 Å². The first-order valence-corrected chi connectivity index (χ1v) is 13.5. The lowest BCUT2D eigenvalue weighted by atomic mass is 9.92. The Bertz CT molecular complexity index is 1220. The summed E-state index contributed by atoms with van der Waals surface area (Å²) in [6.45, 7) is 12.1. The number of hydrogen-bond acceptors (Lipinski definition) is 7. The number of urea groups is 1. The van der Waals surface area contributed by atoms with E-state index in [-0.39, 0.29) is 11.4 Å². The van der Waals surface area contributed by atoms with Crippen molar-refractivity contribution < 1.29 is 23.7 Å². The maximum absolute atomic E-state index is 12.2. The zero-order valence-electron chi connectivity index (χ0n) is 23.4. The number of anilines is 1. The predicted molar refractivity (Wildman–Crippen MR) is 153 cm³/mol. The van der Waals surface area contributed by atoms with Gasteiger partial charge in [-0.2, -0.15) is 0 Å². The molecule has 0 bridgehead atoms. The molecule has 4 rings (SSSR count). The van der Waals surface area contributed by atoms with Gasteiger partial charge in [-0.1, -0.05) is 20.8 Å². The lowest BCUT2D eigenvalue weighted by Crippen LogP contribution is -2.37. The van der Waals surface area contributed by atoms with Crippen molar-refractivity contribution in [3.8, 4) is 23.0 Å². The Morgan fingerprint density at radius 1 is 1.05 bits per heavy atom. The summed E-state index contributed by atoms with van der Waals surface area (Å²) in [6.07, 6.45) is 3.52. The average Bonchev–Trinajstić information content (AvgIpc) is 2.92. The molecular formula is C30H40N4O5. The van der Waals surface area contributed by atoms with Crippen LogP contribution in [0.1, 0.15) is 33.6 Å². The minimum Gasteiger partial charge on any atom is -0.493 e. The first-order chi connectivity index (χ1) is 18.8. The van der Waals surface area contributed by atoms with Gasteiger partial charge in [-0.05, 0) is 54.7 Å². The number of nitrogens with zero attached hydrogens (tertiary/aromatic N) is 2. The first kappa shape index (κ1) is 28.4. The van der Waals surface area contributed by atoms with Gasteiger partial charge in [-0.25, -0.2) is 4.79 Å². The zero-order chi connectivity index (χ0) is 27.7. The van der Waals surface area contributed by atoms with E-state index in [0.717, 1.165) is 56.6 Å². The van der Waals surface area contributed by atoms with Gasteiger partial charge in [0.25, 0.3) is 0 Å². The van der Waals surface area contributed by atoms with E-state index in [4.69, 9.17) is 18.9 Å². The molecule has 1 fully saturated rings. The molecule has 1 saturated heterocycles. The summed E-state index contributed by atoms with van der Waals surface area (Å²) < 4.78 is 23.3. The Morgan fingerprint density at radius 3 is 2.54 bits per heavy atom. The standard InChI is InChI=1S/C30H40N4O5/c1-30(2,3)11-13-32-29(35)33-22-6-8-23(9-7-22)39-26-10-12-31-25-21-27(36-4)28(20-24(25)26)38-17-5-14-34-15-18-37-19-16-34/h6-10,12,20-21H,5,11,13-19H2,1-4H3,(H2,32,33,35). The number of fused-ring (bicyclic) bond motifs is 1. The molecule has 1 aliphatic heterocycles. The summed E-state index contributed by atoms with van der Waals surface area (Å²) in [7, 11) is 1.63. The quantitative estimate of drug-likeness (QED) is 0.304. The third kappa shape index (κ3) is 8.73. The van der Waals surface area contributed by atoms with Crippen molar-refractivity contribution in [2.75, 3.05) is 58.4 Å². The molecule has 210 valence electrons.